The van der Waals surface area contributed by atoms with Crippen molar-refractivity contribution in [3.8, 4) is 11.5 Å². The van der Waals surface area contributed by atoms with Crippen molar-refractivity contribution in [2.75, 3.05) is 0 Å². The van der Waals surface area contributed by atoms with Gasteiger partial charge in [0.2, 0.25) is 0 Å². The van der Waals surface area contributed by atoms with E-state index in [1.165, 1.54) is 6.42 Å². The van der Waals surface area contributed by atoms with Gasteiger partial charge in [0.15, 0.2) is 0 Å². The fourth-order valence-corrected chi connectivity index (χ4v) is 3.69. The van der Waals surface area contributed by atoms with Crippen LogP contribution in [0.3, 0.4) is 0 Å². The van der Waals surface area contributed by atoms with E-state index in [4.69, 9.17) is 4.74 Å². The topological polar surface area (TPSA) is 9.23 Å². The SMILES string of the molecule is CC1(CC(=C(F)F)c2ccccc2Oc2ccccc2)CCCCC1. The zero-order valence-electron chi connectivity index (χ0n) is 14.6. The van der Waals surface area contributed by atoms with Crippen molar-refractivity contribution in [2.45, 2.75) is 45.4 Å². The van der Waals surface area contributed by atoms with E-state index in [1.807, 2.05) is 36.4 Å². The summed E-state index contributed by atoms with van der Waals surface area (Å²) in [5, 5.41) is 0. The summed E-state index contributed by atoms with van der Waals surface area (Å²) in [7, 11) is 0. The highest BCUT2D eigenvalue weighted by molar-refractivity contribution is 5.72. The van der Waals surface area contributed by atoms with Gasteiger partial charge in [0.05, 0.1) is 0 Å². The van der Waals surface area contributed by atoms with Crippen molar-refractivity contribution in [2.24, 2.45) is 5.41 Å². The maximum atomic E-state index is 13.9. The molecule has 1 saturated carbocycles. The molecule has 0 unspecified atom stereocenters. The van der Waals surface area contributed by atoms with Crippen LogP contribution in [0.2, 0.25) is 0 Å². The van der Waals surface area contributed by atoms with E-state index in [0.29, 0.717) is 23.5 Å². The second kappa shape index (κ2) is 7.81. The first-order chi connectivity index (χ1) is 12.1. The lowest BCUT2D eigenvalue weighted by atomic mass is 9.71. The van der Waals surface area contributed by atoms with Crippen LogP contribution in [0.4, 0.5) is 8.78 Å². The highest BCUT2D eigenvalue weighted by Crippen LogP contribution is 2.46. The van der Waals surface area contributed by atoms with Gasteiger partial charge in [-0.25, -0.2) is 0 Å². The van der Waals surface area contributed by atoms with Crippen molar-refractivity contribution in [1.29, 1.82) is 0 Å². The Morgan fingerprint density at radius 1 is 0.920 bits per heavy atom. The van der Waals surface area contributed by atoms with Crippen LogP contribution in [0.1, 0.15) is 51.0 Å². The zero-order chi connectivity index (χ0) is 17.7. The molecule has 1 aliphatic carbocycles. The van der Waals surface area contributed by atoms with Crippen LogP contribution in [-0.4, -0.2) is 0 Å². The molecule has 0 spiro atoms. The Labute approximate surface area is 148 Å². The van der Waals surface area contributed by atoms with Crippen molar-refractivity contribution < 1.29 is 13.5 Å². The highest BCUT2D eigenvalue weighted by Gasteiger charge is 2.30. The number of ether oxygens (including phenoxy) is 1. The second-order valence-electron chi connectivity index (χ2n) is 7.20. The highest BCUT2D eigenvalue weighted by atomic mass is 19.3. The number of halogens is 2. The van der Waals surface area contributed by atoms with Crippen LogP contribution in [0.15, 0.2) is 60.7 Å². The number of rotatable bonds is 5. The average Bonchev–Trinajstić information content (AvgIpc) is 2.62. The van der Waals surface area contributed by atoms with Crippen LogP contribution >= 0.6 is 0 Å². The summed E-state index contributed by atoms with van der Waals surface area (Å²) in [5.41, 5.74) is 0.561. The van der Waals surface area contributed by atoms with Gasteiger partial charge < -0.3 is 4.74 Å². The molecule has 0 amide bonds. The Hall–Kier alpha value is -2.16. The predicted molar refractivity (Wildman–Crippen MR) is 97.9 cm³/mol. The van der Waals surface area contributed by atoms with Crippen molar-refractivity contribution >= 4 is 5.57 Å². The molecule has 3 heteroatoms. The van der Waals surface area contributed by atoms with Gasteiger partial charge in [-0.1, -0.05) is 62.6 Å². The molecule has 1 fully saturated rings. The molecule has 1 nitrogen and oxygen atoms in total. The molecule has 0 N–H and O–H groups in total. The predicted octanol–water partition coefficient (Wildman–Crippen LogP) is 7.45. The third-order valence-corrected chi connectivity index (χ3v) is 5.08. The molecule has 0 bridgehead atoms. The quantitative estimate of drug-likeness (QED) is 0.548. The number of benzene rings is 2. The summed E-state index contributed by atoms with van der Waals surface area (Å²) >= 11 is 0. The lowest BCUT2D eigenvalue weighted by molar-refractivity contribution is 0.220. The van der Waals surface area contributed by atoms with Gasteiger partial charge in [-0.05, 0) is 42.9 Å². The Bertz CT molecular complexity index is 727. The molecule has 25 heavy (non-hydrogen) atoms. The molecule has 1 aliphatic rings. The summed E-state index contributed by atoms with van der Waals surface area (Å²) in [6, 6.07) is 16.4. The Balaban J connectivity index is 1.91. The minimum Gasteiger partial charge on any atom is -0.457 e. The third-order valence-electron chi connectivity index (χ3n) is 5.08. The molecule has 0 heterocycles. The second-order valence-corrected chi connectivity index (χ2v) is 7.20. The van der Waals surface area contributed by atoms with Crippen LogP contribution in [-0.2, 0) is 0 Å². The van der Waals surface area contributed by atoms with E-state index >= 15 is 0 Å². The van der Waals surface area contributed by atoms with E-state index in [0.717, 1.165) is 25.7 Å². The summed E-state index contributed by atoms with van der Waals surface area (Å²) < 4.78 is 33.6. The lowest BCUT2D eigenvalue weighted by Gasteiger charge is -2.34. The minimum atomic E-state index is -1.60. The molecule has 0 saturated heterocycles. The van der Waals surface area contributed by atoms with Crippen LogP contribution < -0.4 is 4.74 Å². The fraction of sp³-hybridized carbons (Fsp3) is 0.364. The zero-order valence-corrected chi connectivity index (χ0v) is 14.6. The summed E-state index contributed by atoms with van der Waals surface area (Å²) in [4.78, 5) is 0. The monoisotopic (exact) mass is 342 g/mol. The Morgan fingerprint density at radius 3 is 2.24 bits per heavy atom. The summed E-state index contributed by atoms with van der Waals surface area (Å²) in [6.45, 7) is 2.13. The standard InChI is InChI=1S/C22H24F2O/c1-22(14-8-3-9-15-22)16-19(21(23)24)18-12-6-7-13-20(18)25-17-10-4-2-5-11-17/h2,4-7,10-13H,3,8-9,14-16H2,1H3. The molecule has 0 radical (unpaired) electrons. The Kier molecular flexibility index (Phi) is 5.52. The first-order valence-corrected chi connectivity index (χ1v) is 8.94. The number of hydrogen-bond acceptors (Lipinski definition) is 1. The van der Waals surface area contributed by atoms with Crippen molar-refractivity contribution in [3.05, 3.63) is 66.2 Å². The molecular formula is C22H24F2O. The Morgan fingerprint density at radius 2 is 1.56 bits per heavy atom. The average molecular weight is 342 g/mol. The maximum Gasteiger partial charge on any atom is 0.274 e. The molecule has 0 atom stereocenters. The molecule has 0 aliphatic heterocycles. The van der Waals surface area contributed by atoms with Gasteiger partial charge in [0.1, 0.15) is 11.5 Å². The summed E-state index contributed by atoms with van der Waals surface area (Å²) in [6.07, 6.45) is 4.26. The van der Waals surface area contributed by atoms with Gasteiger partial charge >= 0.3 is 0 Å². The van der Waals surface area contributed by atoms with Gasteiger partial charge in [-0.15, -0.1) is 0 Å². The number of hydrogen-bond donors (Lipinski definition) is 0. The third kappa shape index (κ3) is 4.47. The molecule has 3 rings (SSSR count). The minimum absolute atomic E-state index is 0.0587. The van der Waals surface area contributed by atoms with E-state index < -0.39 is 6.08 Å². The smallest absolute Gasteiger partial charge is 0.274 e. The van der Waals surface area contributed by atoms with Crippen LogP contribution in [0.5, 0.6) is 11.5 Å². The van der Waals surface area contributed by atoms with Gasteiger partial charge in [-0.3, -0.25) is 0 Å². The maximum absolute atomic E-state index is 13.9. The van der Waals surface area contributed by atoms with Gasteiger partial charge in [0, 0.05) is 11.1 Å². The first-order valence-electron chi connectivity index (χ1n) is 8.94. The van der Waals surface area contributed by atoms with E-state index in [1.54, 1.807) is 18.2 Å². The van der Waals surface area contributed by atoms with Crippen LogP contribution in [0, 0.1) is 5.41 Å². The van der Waals surface area contributed by atoms with E-state index in [9.17, 15) is 8.78 Å². The normalized spacial score (nSPS) is 16.3. The van der Waals surface area contributed by atoms with E-state index in [2.05, 4.69) is 6.92 Å². The van der Waals surface area contributed by atoms with Crippen molar-refractivity contribution in [3.63, 3.8) is 0 Å². The number of allylic oxidation sites excluding steroid dienone is 1. The fourth-order valence-electron chi connectivity index (χ4n) is 3.69. The lowest BCUT2D eigenvalue weighted by Crippen LogP contribution is -2.20. The van der Waals surface area contributed by atoms with Gasteiger partial charge in [-0.2, -0.15) is 8.78 Å². The molecular weight excluding hydrogens is 318 g/mol. The van der Waals surface area contributed by atoms with Crippen molar-refractivity contribution in [1.82, 2.24) is 0 Å². The molecule has 2 aromatic rings. The summed E-state index contributed by atoms with van der Waals surface area (Å²) in [5.74, 6) is 1.13. The largest absolute Gasteiger partial charge is 0.457 e. The molecule has 2 aromatic carbocycles. The first kappa shape index (κ1) is 17.7. The molecule has 0 aromatic heterocycles. The van der Waals surface area contributed by atoms with Gasteiger partial charge in [0.25, 0.3) is 6.08 Å². The molecule has 132 valence electrons. The number of para-hydroxylation sites is 2. The van der Waals surface area contributed by atoms with Crippen LogP contribution in [0.25, 0.3) is 5.57 Å². The van der Waals surface area contributed by atoms with E-state index in [-0.39, 0.29) is 11.0 Å².